The number of allylic oxidation sites excluding steroid dienone is 4. The molecule has 0 heterocycles. The maximum Gasteiger partial charge on any atom is 0.305 e. The number of nitrogens with one attached hydrogen (secondary N) is 1. The van der Waals surface area contributed by atoms with Gasteiger partial charge in [0.2, 0.25) is 5.91 Å². The zero-order valence-electron chi connectivity index (χ0n) is 44.4. The zero-order valence-corrected chi connectivity index (χ0v) is 44.4. The van der Waals surface area contributed by atoms with E-state index < -0.39 is 12.1 Å². The van der Waals surface area contributed by atoms with E-state index in [1.807, 2.05) is 0 Å². The minimum atomic E-state index is -0.663. The highest BCUT2D eigenvalue weighted by atomic mass is 16.5. The van der Waals surface area contributed by atoms with E-state index in [0.29, 0.717) is 25.9 Å². The van der Waals surface area contributed by atoms with Crippen LogP contribution in [0.25, 0.3) is 0 Å². The number of hydrogen-bond donors (Lipinski definition) is 3. The van der Waals surface area contributed by atoms with Crippen molar-refractivity contribution in [1.29, 1.82) is 0 Å². The molecule has 0 aromatic carbocycles. The predicted octanol–water partition coefficient (Wildman–Crippen LogP) is 18.2. The Labute approximate surface area is 411 Å². The first-order valence-corrected chi connectivity index (χ1v) is 29.6. The summed E-state index contributed by atoms with van der Waals surface area (Å²) < 4.78 is 5.47. The lowest BCUT2D eigenvalue weighted by atomic mass is 10.0. The van der Waals surface area contributed by atoms with Gasteiger partial charge in [0, 0.05) is 12.8 Å². The standard InChI is InChI=1S/C60H115NO5/c1-3-5-7-9-11-13-15-28-32-36-40-44-48-52-58(63)57(56-62)61-59(64)53-49-45-41-37-33-30-26-24-22-20-18-17-19-21-23-25-27-31-35-39-43-47-51-55-66-60(65)54-50-46-42-38-34-29-16-14-12-10-8-6-4-2/h8,10,14,16,57-58,62-63H,3-7,9,11-13,15,17-56H2,1-2H3,(H,61,64)/b10-8-,16-14-. The van der Waals surface area contributed by atoms with Crippen LogP contribution >= 0.6 is 0 Å². The summed E-state index contributed by atoms with van der Waals surface area (Å²) in [5.41, 5.74) is 0. The molecule has 0 aromatic heterocycles. The van der Waals surface area contributed by atoms with Gasteiger partial charge in [-0.05, 0) is 51.4 Å². The molecule has 2 atom stereocenters. The first kappa shape index (κ1) is 64.3. The average Bonchev–Trinajstić information content (AvgIpc) is 3.32. The molecule has 3 N–H and O–H groups in total. The van der Waals surface area contributed by atoms with Crippen molar-refractivity contribution in [3.63, 3.8) is 0 Å². The molecule has 0 rings (SSSR count). The lowest BCUT2D eigenvalue weighted by molar-refractivity contribution is -0.143. The van der Waals surface area contributed by atoms with Crippen molar-refractivity contribution < 1.29 is 24.5 Å². The molecule has 0 saturated carbocycles. The quantitative estimate of drug-likeness (QED) is 0.0321. The Morgan fingerprint density at radius 3 is 1.21 bits per heavy atom. The second kappa shape index (κ2) is 55.9. The molecule has 2 unspecified atom stereocenters. The number of carbonyl (C=O) groups is 2. The van der Waals surface area contributed by atoms with Crippen LogP contribution in [-0.2, 0) is 14.3 Å². The Kier molecular flexibility index (Phi) is 54.5. The van der Waals surface area contributed by atoms with Crippen molar-refractivity contribution in [3.8, 4) is 0 Å². The molecule has 6 heteroatoms. The van der Waals surface area contributed by atoms with Crippen molar-refractivity contribution in [3.05, 3.63) is 24.3 Å². The lowest BCUT2D eigenvalue weighted by Crippen LogP contribution is -2.45. The number of ether oxygens (including phenoxy) is 1. The van der Waals surface area contributed by atoms with Crippen LogP contribution in [0.2, 0.25) is 0 Å². The molecule has 0 radical (unpaired) electrons. The summed E-state index contributed by atoms with van der Waals surface area (Å²) in [6.45, 7) is 4.89. The summed E-state index contributed by atoms with van der Waals surface area (Å²) in [7, 11) is 0. The van der Waals surface area contributed by atoms with Gasteiger partial charge < -0.3 is 20.3 Å². The predicted molar refractivity (Wildman–Crippen MR) is 287 cm³/mol. The number of rotatable bonds is 55. The molecule has 0 saturated heterocycles. The lowest BCUT2D eigenvalue weighted by Gasteiger charge is -2.22. The SMILES string of the molecule is CCC/C=C\C/C=C\CCCCCCCC(=O)OCCCCCCCCCCCCCCCCCCCCCCCCCC(=O)NC(CO)C(O)CCCCCCCCCCCCCCC. The maximum atomic E-state index is 12.5. The van der Waals surface area contributed by atoms with Crippen molar-refractivity contribution in [1.82, 2.24) is 5.32 Å². The molecule has 0 bridgehead atoms. The number of unbranched alkanes of at least 4 members (excludes halogenated alkanes) is 40. The van der Waals surface area contributed by atoms with Gasteiger partial charge in [0.25, 0.3) is 0 Å². The molecule has 390 valence electrons. The van der Waals surface area contributed by atoms with Crippen LogP contribution in [0, 0.1) is 0 Å². The maximum absolute atomic E-state index is 12.5. The van der Waals surface area contributed by atoms with Crippen LogP contribution in [0.4, 0.5) is 0 Å². The molecule has 0 aromatic rings. The average molecular weight is 931 g/mol. The van der Waals surface area contributed by atoms with E-state index >= 15 is 0 Å². The van der Waals surface area contributed by atoms with E-state index in [2.05, 4.69) is 43.5 Å². The van der Waals surface area contributed by atoms with Crippen molar-refractivity contribution in [2.24, 2.45) is 0 Å². The molecular weight excluding hydrogens is 815 g/mol. The Hall–Kier alpha value is -1.66. The molecular formula is C60H115NO5. The number of amides is 1. The van der Waals surface area contributed by atoms with Gasteiger partial charge in [-0.25, -0.2) is 0 Å². The van der Waals surface area contributed by atoms with Gasteiger partial charge in [-0.1, -0.05) is 282 Å². The molecule has 0 fully saturated rings. The number of aliphatic hydroxyl groups is 2. The van der Waals surface area contributed by atoms with E-state index in [4.69, 9.17) is 4.74 Å². The number of esters is 1. The summed E-state index contributed by atoms with van der Waals surface area (Å²) >= 11 is 0. The minimum Gasteiger partial charge on any atom is -0.466 e. The topological polar surface area (TPSA) is 95.9 Å². The van der Waals surface area contributed by atoms with E-state index in [-0.39, 0.29) is 18.5 Å². The first-order valence-electron chi connectivity index (χ1n) is 29.6. The summed E-state index contributed by atoms with van der Waals surface area (Å²) in [6.07, 6.45) is 67.5. The van der Waals surface area contributed by atoms with Gasteiger partial charge in [-0.15, -0.1) is 0 Å². The molecule has 0 spiro atoms. The van der Waals surface area contributed by atoms with E-state index in [1.54, 1.807) is 0 Å². The fourth-order valence-corrected chi connectivity index (χ4v) is 9.21. The smallest absolute Gasteiger partial charge is 0.305 e. The minimum absolute atomic E-state index is 0.000839. The van der Waals surface area contributed by atoms with Crippen molar-refractivity contribution in [2.45, 2.75) is 334 Å². The Balaban J connectivity index is 3.36. The van der Waals surface area contributed by atoms with Crippen LogP contribution in [-0.4, -0.2) is 47.4 Å². The third kappa shape index (κ3) is 51.7. The van der Waals surface area contributed by atoms with Crippen LogP contribution < -0.4 is 5.32 Å². The van der Waals surface area contributed by atoms with Crippen LogP contribution in [0.3, 0.4) is 0 Å². The molecule has 66 heavy (non-hydrogen) atoms. The second-order valence-electron chi connectivity index (χ2n) is 20.3. The highest BCUT2D eigenvalue weighted by molar-refractivity contribution is 5.76. The highest BCUT2D eigenvalue weighted by Gasteiger charge is 2.20. The molecule has 1 amide bonds. The highest BCUT2D eigenvalue weighted by Crippen LogP contribution is 2.18. The largest absolute Gasteiger partial charge is 0.466 e. The van der Waals surface area contributed by atoms with Crippen LogP contribution in [0.1, 0.15) is 322 Å². The summed E-state index contributed by atoms with van der Waals surface area (Å²) in [6, 6.07) is -0.540. The van der Waals surface area contributed by atoms with Gasteiger partial charge in [0.15, 0.2) is 0 Å². The monoisotopic (exact) mass is 930 g/mol. The van der Waals surface area contributed by atoms with E-state index in [0.717, 1.165) is 51.4 Å². The number of aliphatic hydroxyl groups excluding tert-OH is 2. The Bertz CT molecular complexity index is 1030. The van der Waals surface area contributed by atoms with Crippen LogP contribution in [0.15, 0.2) is 24.3 Å². The number of carbonyl (C=O) groups excluding carboxylic acids is 2. The Morgan fingerprint density at radius 1 is 0.424 bits per heavy atom. The fourth-order valence-electron chi connectivity index (χ4n) is 9.21. The van der Waals surface area contributed by atoms with Gasteiger partial charge in [0.1, 0.15) is 0 Å². The summed E-state index contributed by atoms with van der Waals surface area (Å²) in [5, 5.41) is 23.2. The van der Waals surface area contributed by atoms with Crippen molar-refractivity contribution in [2.75, 3.05) is 13.2 Å². The first-order chi connectivity index (χ1) is 32.5. The van der Waals surface area contributed by atoms with Crippen LogP contribution in [0.5, 0.6) is 0 Å². The summed E-state index contributed by atoms with van der Waals surface area (Å²) in [5.74, 6) is -0.0346. The molecule has 0 aliphatic heterocycles. The zero-order chi connectivity index (χ0) is 47.9. The Morgan fingerprint density at radius 2 is 0.788 bits per heavy atom. The van der Waals surface area contributed by atoms with E-state index in [1.165, 1.54) is 238 Å². The third-order valence-electron chi connectivity index (χ3n) is 13.7. The van der Waals surface area contributed by atoms with Gasteiger partial charge in [-0.2, -0.15) is 0 Å². The van der Waals surface area contributed by atoms with E-state index in [9.17, 15) is 19.8 Å². The summed E-state index contributed by atoms with van der Waals surface area (Å²) in [4.78, 5) is 24.5. The second-order valence-corrected chi connectivity index (χ2v) is 20.3. The fraction of sp³-hybridized carbons (Fsp3) is 0.900. The van der Waals surface area contributed by atoms with Crippen molar-refractivity contribution >= 4 is 11.9 Å². The van der Waals surface area contributed by atoms with Gasteiger partial charge in [0.05, 0.1) is 25.4 Å². The molecule has 0 aliphatic rings. The third-order valence-corrected chi connectivity index (χ3v) is 13.7. The number of hydrogen-bond acceptors (Lipinski definition) is 5. The molecule has 0 aliphatic carbocycles. The van der Waals surface area contributed by atoms with Gasteiger partial charge in [-0.3, -0.25) is 9.59 Å². The molecule has 6 nitrogen and oxygen atoms in total. The van der Waals surface area contributed by atoms with Gasteiger partial charge >= 0.3 is 5.97 Å². The normalized spacial score (nSPS) is 12.7.